The highest BCUT2D eigenvalue weighted by Gasteiger charge is 2.34. The van der Waals surface area contributed by atoms with E-state index in [2.05, 4.69) is 26.1 Å². The lowest BCUT2D eigenvalue weighted by Crippen LogP contribution is -2.24. The molecular weight excluding hydrogens is 430 g/mol. The van der Waals surface area contributed by atoms with Crippen molar-refractivity contribution in [2.45, 2.75) is 18.9 Å². The van der Waals surface area contributed by atoms with Gasteiger partial charge in [-0.1, -0.05) is 11.2 Å². The van der Waals surface area contributed by atoms with Gasteiger partial charge in [0.25, 0.3) is 5.89 Å². The number of aromatic nitrogens is 2. The number of nitrogens with zero attached hydrogens (tertiary/aromatic N) is 3. The minimum atomic E-state index is -0.122. The van der Waals surface area contributed by atoms with Gasteiger partial charge in [-0.3, -0.25) is 4.79 Å². The van der Waals surface area contributed by atoms with Crippen LogP contribution >= 0.6 is 15.9 Å². The Balaban J connectivity index is 1.46. The van der Waals surface area contributed by atoms with E-state index in [1.54, 1.807) is 31.3 Å². The van der Waals surface area contributed by atoms with Crippen molar-refractivity contribution < 1.29 is 23.2 Å². The number of hydrogen-bond donors (Lipinski definition) is 0. The van der Waals surface area contributed by atoms with Crippen LogP contribution < -0.4 is 9.47 Å². The quantitative estimate of drug-likeness (QED) is 0.569. The first-order chi connectivity index (χ1) is 13.6. The lowest BCUT2D eigenvalue weighted by Gasteiger charge is -2.17. The Morgan fingerprint density at radius 2 is 2.04 bits per heavy atom. The van der Waals surface area contributed by atoms with Gasteiger partial charge in [-0.2, -0.15) is 4.98 Å². The number of likely N-dealkylation sites (tertiary alicyclic amines) is 1. The first kappa shape index (κ1) is 18.5. The average molecular weight is 448 g/mol. The molecule has 0 N–H and O–H groups in total. The molecule has 0 saturated carbocycles. The first-order valence-electron chi connectivity index (χ1n) is 8.65. The molecule has 28 heavy (non-hydrogen) atoms. The van der Waals surface area contributed by atoms with E-state index in [-0.39, 0.29) is 11.8 Å². The average Bonchev–Trinajstić information content (AvgIpc) is 3.42. The van der Waals surface area contributed by atoms with Gasteiger partial charge in [0.15, 0.2) is 27.8 Å². The molecule has 3 aromatic rings. The summed E-state index contributed by atoms with van der Waals surface area (Å²) in [5, 5.41) is 4.03. The Labute approximate surface area is 169 Å². The van der Waals surface area contributed by atoms with Crippen LogP contribution in [0, 0.1) is 0 Å². The highest BCUT2D eigenvalue weighted by atomic mass is 79.9. The zero-order chi connectivity index (χ0) is 19.7. The molecule has 1 aromatic carbocycles. The molecule has 1 aliphatic rings. The molecule has 3 heterocycles. The highest BCUT2D eigenvalue weighted by molar-refractivity contribution is 9.10. The fraction of sp³-hybridized carbons (Fsp3) is 0.316. The van der Waals surface area contributed by atoms with E-state index in [4.69, 9.17) is 18.4 Å². The van der Waals surface area contributed by atoms with Crippen LogP contribution in [0.3, 0.4) is 0 Å². The summed E-state index contributed by atoms with van der Waals surface area (Å²) < 4.78 is 21.9. The molecule has 1 fully saturated rings. The topological polar surface area (TPSA) is 90.8 Å². The maximum absolute atomic E-state index is 12.5. The van der Waals surface area contributed by atoms with Crippen molar-refractivity contribution in [3.63, 3.8) is 0 Å². The van der Waals surface area contributed by atoms with Gasteiger partial charge in [0, 0.05) is 25.4 Å². The number of carbonyl (C=O) groups is 1. The second-order valence-corrected chi connectivity index (χ2v) is 7.21. The number of methoxy groups -OCH3 is 2. The van der Waals surface area contributed by atoms with E-state index in [0.29, 0.717) is 53.2 Å². The van der Waals surface area contributed by atoms with Gasteiger partial charge in [-0.25, -0.2) is 0 Å². The van der Waals surface area contributed by atoms with E-state index in [1.165, 1.54) is 0 Å². The monoisotopic (exact) mass is 447 g/mol. The van der Waals surface area contributed by atoms with Crippen molar-refractivity contribution in [3.8, 4) is 23.1 Å². The van der Waals surface area contributed by atoms with Crippen molar-refractivity contribution in [1.29, 1.82) is 0 Å². The van der Waals surface area contributed by atoms with E-state index >= 15 is 0 Å². The van der Waals surface area contributed by atoms with Gasteiger partial charge in [0.05, 0.1) is 14.2 Å². The zero-order valence-electron chi connectivity index (χ0n) is 15.3. The third kappa shape index (κ3) is 3.62. The lowest BCUT2D eigenvalue weighted by atomic mass is 10.1. The Morgan fingerprint density at radius 3 is 2.75 bits per heavy atom. The minimum absolute atomic E-state index is 0.0480. The Kier molecular flexibility index (Phi) is 5.08. The molecule has 1 amide bonds. The van der Waals surface area contributed by atoms with Gasteiger partial charge in [-0.05, 0) is 45.8 Å². The molecule has 2 aromatic heterocycles. The van der Waals surface area contributed by atoms with Crippen LogP contribution in [0.1, 0.15) is 23.7 Å². The molecule has 1 saturated heterocycles. The Morgan fingerprint density at radius 1 is 1.21 bits per heavy atom. The van der Waals surface area contributed by atoms with Crippen LogP contribution in [-0.2, 0) is 11.3 Å². The maximum atomic E-state index is 12.5. The molecule has 8 nitrogen and oxygen atoms in total. The molecule has 9 heteroatoms. The number of rotatable bonds is 6. The predicted molar refractivity (Wildman–Crippen MR) is 102 cm³/mol. The number of amides is 1. The van der Waals surface area contributed by atoms with Crippen molar-refractivity contribution in [3.05, 3.63) is 46.4 Å². The van der Waals surface area contributed by atoms with Crippen LogP contribution in [0.15, 0.2) is 43.9 Å². The van der Waals surface area contributed by atoms with Crippen molar-refractivity contribution in [1.82, 2.24) is 15.0 Å². The molecule has 0 spiro atoms. The molecule has 1 aliphatic heterocycles. The van der Waals surface area contributed by atoms with Gasteiger partial charge in [-0.15, -0.1) is 0 Å². The number of hydrogen-bond acceptors (Lipinski definition) is 7. The Bertz CT molecular complexity index is 999. The molecule has 146 valence electrons. The van der Waals surface area contributed by atoms with Gasteiger partial charge in [0.2, 0.25) is 5.91 Å². The zero-order valence-corrected chi connectivity index (χ0v) is 16.9. The third-order valence-corrected chi connectivity index (χ3v) is 5.05. The van der Waals surface area contributed by atoms with Crippen LogP contribution in [0.4, 0.5) is 0 Å². The summed E-state index contributed by atoms with van der Waals surface area (Å²) in [7, 11) is 3.18. The van der Waals surface area contributed by atoms with Crippen LogP contribution in [0.2, 0.25) is 0 Å². The summed E-state index contributed by atoms with van der Waals surface area (Å²) in [6.45, 7) is 1.000. The maximum Gasteiger partial charge on any atom is 0.293 e. The summed E-state index contributed by atoms with van der Waals surface area (Å²) in [6, 6.07) is 9.12. The van der Waals surface area contributed by atoms with Crippen molar-refractivity contribution in [2.24, 2.45) is 0 Å². The molecular formula is C19H18BrN3O5. The van der Waals surface area contributed by atoms with E-state index in [0.717, 1.165) is 5.56 Å². The van der Waals surface area contributed by atoms with Gasteiger partial charge >= 0.3 is 0 Å². The minimum Gasteiger partial charge on any atom is -0.493 e. The highest BCUT2D eigenvalue weighted by Crippen LogP contribution is 2.32. The predicted octanol–water partition coefficient (Wildman–Crippen LogP) is 3.63. The van der Waals surface area contributed by atoms with Crippen LogP contribution in [0.25, 0.3) is 11.7 Å². The molecule has 1 atom stereocenters. The first-order valence-corrected chi connectivity index (χ1v) is 9.44. The fourth-order valence-corrected chi connectivity index (χ4v) is 3.53. The van der Waals surface area contributed by atoms with Gasteiger partial charge < -0.3 is 23.3 Å². The SMILES string of the molecule is COc1ccc(CN2CC(c3noc(-c4ccc(Br)o4)n3)CC2=O)cc1OC. The fourth-order valence-electron chi connectivity index (χ4n) is 3.23. The summed E-state index contributed by atoms with van der Waals surface area (Å²) in [4.78, 5) is 18.7. The van der Waals surface area contributed by atoms with Crippen molar-refractivity contribution >= 4 is 21.8 Å². The van der Waals surface area contributed by atoms with Crippen molar-refractivity contribution in [2.75, 3.05) is 20.8 Å². The lowest BCUT2D eigenvalue weighted by molar-refractivity contribution is -0.128. The largest absolute Gasteiger partial charge is 0.493 e. The van der Waals surface area contributed by atoms with E-state index < -0.39 is 0 Å². The number of ether oxygens (including phenoxy) is 2. The van der Waals surface area contributed by atoms with Gasteiger partial charge in [0.1, 0.15) is 0 Å². The molecule has 0 bridgehead atoms. The number of benzene rings is 1. The standard InChI is InChI=1S/C19H18BrN3O5/c1-25-13-4-3-11(7-15(13)26-2)9-23-10-12(8-17(23)24)18-21-19(28-22-18)14-5-6-16(20)27-14/h3-7,12H,8-10H2,1-2H3. The smallest absolute Gasteiger partial charge is 0.293 e. The summed E-state index contributed by atoms with van der Waals surface area (Å²) in [6.07, 6.45) is 0.341. The molecule has 1 unspecified atom stereocenters. The second-order valence-electron chi connectivity index (χ2n) is 6.43. The van der Waals surface area contributed by atoms with E-state index in [9.17, 15) is 4.79 Å². The number of halogens is 1. The van der Waals surface area contributed by atoms with Crippen LogP contribution in [0.5, 0.6) is 11.5 Å². The van der Waals surface area contributed by atoms with Crippen LogP contribution in [-0.4, -0.2) is 41.7 Å². The summed E-state index contributed by atoms with van der Waals surface area (Å²) >= 11 is 3.24. The summed E-state index contributed by atoms with van der Waals surface area (Å²) in [5.74, 6) is 2.50. The number of carbonyl (C=O) groups excluding carboxylic acids is 1. The molecule has 0 aliphatic carbocycles. The second kappa shape index (κ2) is 7.67. The summed E-state index contributed by atoms with van der Waals surface area (Å²) in [5.41, 5.74) is 0.959. The van der Waals surface area contributed by atoms with E-state index in [1.807, 2.05) is 18.2 Å². The number of furan rings is 1. The third-order valence-electron chi connectivity index (χ3n) is 4.63. The molecule has 0 radical (unpaired) electrons. The molecule has 4 rings (SSSR count). The Hall–Kier alpha value is -2.81. The normalized spacial score (nSPS) is 16.6.